The summed E-state index contributed by atoms with van der Waals surface area (Å²) >= 11 is 0. The highest BCUT2D eigenvalue weighted by atomic mass is 19.4. The molecular formula is C16H20F3N5O5. The van der Waals surface area contributed by atoms with E-state index in [2.05, 4.69) is 25.0 Å². The van der Waals surface area contributed by atoms with Gasteiger partial charge < -0.3 is 25.4 Å². The molecule has 2 aromatic heterocycles. The maximum atomic E-state index is 12.3. The van der Waals surface area contributed by atoms with E-state index in [-0.39, 0.29) is 11.7 Å². The van der Waals surface area contributed by atoms with Crippen molar-refractivity contribution in [2.24, 2.45) is 0 Å². The van der Waals surface area contributed by atoms with Crippen molar-refractivity contribution in [3.05, 3.63) is 12.7 Å². The second-order valence-corrected chi connectivity index (χ2v) is 7.10. The normalized spacial score (nSPS) is 32.9. The summed E-state index contributed by atoms with van der Waals surface area (Å²) in [5, 5.41) is 33.4. The minimum absolute atomic E-state index is 0.183. The molecule has 2 aliphatic rings. The number of nitrogens with one attached hydrogen (secondary N) is 1. The monoisotopic (exact) mass is 419 g/mol. The summed E-state index contributed by atoms with van der Waals surface area (Å²) < 4.78 is 47.2. The number of alkyl halides is 3. The number of nitrogens with zero attached hydrogens (tertiary/aromatic N) is 4. The number of imidazole rings is 1. The van der Waals surface area contributed by atoms with E-state index in [0.717, 1.165) is 12.8 Å². The molecule has 0 radical (unpaired) electrons. The van der Waals surface area contributed by atoms with Gasteiger partial charge in [-0.2, -0.15) is 0 Å². The Bertz CT molecular complexity index is 865. The fraction of sp³-hybridized carbons (Fsp3) is 0.688. The van der Waals surface area contributed by atoms with Gasteiger partial charge in [0, 0.05) is 0 Å². The third-order valence-electron chi connectivity index (χ3n) is 5.18. The van der Waals surface area contributed by atoms with Crippen LogP contribution in [-0.4, -0.2) is 78.3 Å². The van der Waals surface area contributed by atoms with Crippen molar-refractivity contribution in [2.75, 3.05) is 11.9 Å². The number of fused-ring (bicyclic) bond motifs is 1. The van der Waals surface area contributed by atoms with Gasteiger partial charge in [0.2, 0.25) is 0 Å². The van der Waals surface area contributed by atoms with E-state index in [1.165, 1.54) is 17.2 Å². The molecule has 10 nitrogen and oxygen atoms in total. The lowest BCUT2D eigenvalue weighted by Gasteiger charge is -2.18. The van der Waals surface area contributed by atoms with Gasteiger partial charge in [-0.05, 0) is 19.3 Å². The molecule has 160 valence electrons. The Kier molecular flexibility index (Phi) is 5.33. The maximum Gasteiger partial charge on any atom is 0.522 e. The van der Waals surface area contributed by atoms with Crippen LogP contribution in [0, 0.1) is 0 Å². The van der Waals surface area contributed by atoms with E-state index >= 15 is 0 Å². The summed E-state index contributed by atoms with van der Waals surface area (Å²) in [5.41, 5.74) is 0.593. The smallest absolute Gasteiger partial charge is 0.391 e. The van der Waals surface area contributed by atoms with Gasteiger partial charge in [-0.15, -0.1) is 13.2 Å². The van der Waals surface area contributed by atoms with Crippen LogP contribution in [0.4, 0.5) is 19.0 Å². The summed E-state index contributed by atoms with van der Waals surface area (Å²) in [4.78, 5) is 12.5. The summed E-state index contributed by atoms with van der Waals surface area (Å²) in [6, 6.07) is -0.183. The average molecular weight is 419 g/mol. The summed E-state index contributed by atoms with van der Waals surface area (Å²) in [6.45, 7) is -0.966. The van der Waals surface area contributed by atoms with Gasteiger partial charge in [0.25, 0.3) is 0 Å². The van der Waals surface area contributed by atoms with Gasteiger partial charge in [0.15, 0.2) is 23.2 Å². The molecule has 0 spiro atoms. The van der Waals surface area contributed by atoms with E-state index in [0.29, 0.717) is 17.8 Å². The highest BCUT2D eigenvalue weighted by Crippen LogP contribution is 2.33. The Morgan fingerprint density at radius 2 is 1.97 bits per heavy atom. The molecule has 1 saturated carbocycles. The first-order chi connectivity index (χ1) is 13.7. The van der Waals surface area contributed by atoms with Crippen molar-refractivity contribution in [1.29, 1.82) is 0 Å². The highest BCUT2D eigenvalue weighted by Gasteiger charge is 2.46. The van der Waals surface area contributed by atoms with Gasteiger partial charge in [0.05, 0.1) is 25.1 Å². The average Bonchev–Trinajstić information content (AvgIpc) is 3.34. The van der Waals surface area contributed by atoms with Gasteiger partial charge in [0.1, 0.15) is 24.6 Å². The van der Waals surface area contributed by atoms with E-state index in [9.17, 15) is 28.5 Å². The minimum atomic E-state index is -4.88. The molecule has 1 saturated heterocycles. The predicted octanol–water partition coefficient (Wildman–Crippen LogP) is 0.307. The molecule has 2 aromatic rings. The first kappa shape index (κ1) is 20.2. The number of ether oxygens (including phenoxy) is 2. The quantitative estimate of drug-likeness (QED) is 0.540. The molecule has 4 rings (SSSR count). The van der Waals surface area contributed by atoms with Crippen LogP contribution in [0.25, 0.3) is 11.2 Å². The molecule has 6 atom stereocenters. The Hall–Kier alpha value is -2.06. The number of hydrogen-bond donors (Lipinski definition) is 4. The van der Waals surface area contributed by atoms with Crippen LogP contribution >= 0.6 is 0 Å². The molecule has 0 aromatic carbocycles. The zero-order valence-corrected chi connectivity index (χ0v) is 15.0. The molecular weight excluding hydrogens is 399 g/mol. The lowest BCUT2D eigenvalue weighted by molar-refractivity contribution is -0.333. The van der Waals surface area contributed by atoms with Crippen molar-refractivity contribution in [3.63, 3.8) is 0 Å². The van der Waals surface area contributed by atoms with Crippen molar-refractivity contribution in [1.82, 2.24) is 19.5 Å². The molecule has 1 aliphatic heterocycles. The molecule has 0 amide bonds. The summed E-state index contributed by atoms with van der Waals surface area (Å²) in [6.07, 6.45) is -6.22. The minimum Gasteiger partial charge on any atom is -0.391 e. The highest BCUT2D eigenvalue weighted by molar-refractivity contribution is 5.82. The first-order valence-corrected chi connectivity index (χ1v) is 9.09. The first-order valence-electron chi connectivity index (χ1n) is 9.09. The van der Waals surface area contributed by atoms with Crippen LogP contribution in [-0.2, 0) is 9.47 Å². The fourth-order valence-corrected chi connectivity index (χ4v) is 3.70. The predicted molar refractivity (Wildman–Crippen MR) is 90.5 cm³/mol. The number of aliphatic hydroxyl groups is 3. The molecule has 1 aliphatic carbocycles. The fourth-order valence-electron chi connectivity index (χ4n) is 3.70. The van der Waals surface area contributed by atoms with Crippen LogP contribution in [0.1, 0.15) is 25.5 Å². The van der Waals surface area contributed by atoms with Gasteiger partial charge >= 0.3 is 6.36 Å². The SMILES string of the molecule is OC1CCCC1Nc1ncnc2c1ncn2C1OC(COC(F)(F)F)C(O)C1O. The Morgan fingerprint density at radius 1 is 1.17 bits per heavy atom. The summed E-state index contributed by atoms with van der Waals surface area (Å²) in [5.74, 6) is 0.379. The third-order valence-corrected chi connectivity index (χ3v) is 5.18. The Labute approximate surface area is 162 Å². The zero-order chi connectivity index (χ0) is 20.8. The molecule has 13 heteroatoms. The third kappa shape index (κ3) is 4.00. The second-order valence-electron chi connectivity index (χ2n) is 7.10. The van der Waals surface area contributed by atoms with Crippen LogP contribution in [0.2, 0.25) is 0 Å². The van der Waals surface area contributed by atoms with Gasteiger partial charge in [-0.1, -0.05) is 0 Å². The van der Waals surface area contributed by atoms with E-state index in [4.69, 9.17) is 4.74 Å². The topological polar surface area (TPSA) is 135 Å². The van der Waals surface area contributed by atoms with Crippen LogP contribution in [0.5, 0.6) is 0 Å². The molecule has 4 N–H and O–H groups in total. The Balaban J connectivity index is 1.56. The van der Waals surface area contributed by atoms with Crippen molar-refractivity contribution >= 4 is 17.0 Å². The van der Waals surface area contributed by atoms with E-state index in [1.807, 2.05) is 0 Å². The van der Waals surface area contributed by atoms with Crippen LogP contribution in [0.15, 0.2) is 12.7 Å². The van der Waals surface area contributed by atoms with Gasteiger partial charge in [-0.3, -0.25) is 9.30 Å². The maximum absolute atomic E-state index is 12.3. The number of anilines is 1. The van der Waals surface area contributed by atoms with Crippen molar-refractivity contribution < 1.29 is 38.0 Å². The number of aromatic nitrogens is 4. The number of hydrogen-bond acceptors (Lipinski definition) is 9. The number of rotatable bonds is 5. The molecule has 2 fully saturated rings. The van der Waals surface area contributed by atoms with Crippen molar-refractivity contribution in [2.45, 2.75) is 62.3 Å². The van der Waals surface area contributed by atoms with Gasteiger partial charge in [-0.25, -0.2) is 15.0 Å². The van der Waals surface area contributed by atoms with Crippen molar-refractivity contribution in [3.8, 4) is 0 Å². The lowest BCUT2D eigenvalue weighted by atomic mass is 10.1. The van der Waals surface area contributed by atoms with E-state index < -0.39 is 43.6 Å². The summed E-state index contributed by atoms with van der Waals surface area (Å²) in [7, 11) is 0. The number of aliphatic hydroxyl groups excluding tert-OH is 3. The molecule has 29 heavy (non-hydrogen) atoms. The standard InChI is InChI=1S/C16H20F3N5O5/c17-16(18,19)28-4-9-11(26)12(27)15(29-9)24-6-22-10-13(20-5-21-14(10)24)23-7-2-1-3-8(7)25/h5-9,11-12,15,25-27H,1-4H2,(H,20,21,23). The number of halogens is 3. The zero-order valence-electron chi connectivity index (χ0n) is 15.0. The molecule has 0 bridgehead atoms. The van der Waals surface area contributed by atoms with Crippen LogP contribution < -0.4 is 5.32 Å². The van der Waals surface area contributed by atoms with Crippen LogP contribution in [0.3, 0.4) is 0 Å². The largest absolute Gasteiger partial charge is 0.522 e. The molecule has 6 unspecified atom stereocenters. The second kappa shape index (κ2) is 7.65. The lowest BCUT2D eigenvalue weighted by Crippen LogP contribution is -2.35. The Morgan fingerprint density at radius 3 is 2.66 bits per heavy atom. The molecule has 3 heterocycles. The van der Waals surface area contributed by atoms with E-state index in [1.54, 1.807) is 0 Å².